The fourth-order valence-electron chi connectivity index (χ4n) is 2.31. The van der Waals surface area contributed by atoms with Gasteiger partial charge in [0.05, 0.1) is 10.5 Å². The molecule has 0 aliphatic heterocycles. The summed E-state index contributed by atoms with van der Waals surface area (Å²) >= 11 is 1.82. The number of fused-ring (bicyclic) bond motifs is 1. The van der Waals surface area contributed by atoms with E-state index in [9.17, 15) is 4.79 Å². The number of nitrogens with zero attached hydrogens (tertiary/aromatic N) is 1. The van der Waals surface area contributed by atoms with Crippen molar-refractivity contribution in [3.8, 4) is 0 Å². The smallest absolute Gasteiger partial charge is 0.132 e. The van der Waals surface area contributed by atoms with E-state index in [0.717, 1.165) is 36.2 Å². The monoisotopic (exact) mass is 257 g/mol. The number of rotatable bonds is 2. The molecule has 92 valence electrons. The number of para-hydroxylation sites is 1. The molecule has 0 amide bonds. The van der Waals surface area contributed by atoms with Crippen molar-refractivity contribution in [3.63, 3.8) is 0 Å². The van der Waals surface area contributed by atoms with E-state index in [2.05, 4.69) is 23.2 Å². The maximum atomic E-state index is 11.2. The van der Waals surface area contributed by atoms with Gasteiger partial charge in [-0.3, -0.25) is 4.79 Å². The van der Waals surface area contributed by atoms with Crippen LogP contribution in [0.25, 0.3) is 10.9 Å². The van der Waals surface area contributed by atoms with E-state index in [4.69, 9.17) is 0 Å². The van der Waals surface area contributed by atoms with Crippen LogP contribution in [-0.2, 0) is 4.79 Å². The van der Waals surface area contributed by atoms with E-state index >= 15 is 0 Å². The predicted molar refractivity (Wildman–Crippen MR) is 74.9 cm³/mol. The van der Waals surface area contributed by atoms with Crippen molar-refractivity contribution in [1.29, 1.82) is 0 Å². The van der Waals surface area contributed by atoms with Crippen LogP contribution in [-0.4, -0.2) is 16.0 Å². The lowest BCUT2D eigenvalue weighted by atomic mass is 9.99. The van der Waals surface area contributed by atoms with E-state index in [-0.39, 0.29) is 0 Å². The van der Waals surface area contributed by atoms with Crippen molar-refractivity contribution >= 4 is 28.4 Å². The largest absolute Gasteiger partial charge is 0.300 e. The van der Waals surface area contributed by atoms with Gasteiger partial charge in [-0.1, -0.05) is 24.3 Å². The Labute approximate surface area is 111 Å². The molecule has 0 bridgehead atoms. The molecule has 18 heavy (non-hydrogen) atoms. The van der Waals surface area contributed by atoms with Gasteiger partial charge in [0.2, 0.25) is 0 Å². The molecule has 1 aromatic heterocycles. The maximum absolute atomic E-state index is 11.2. The molecule has 3 heteroatoms. The Morgan fingerprint density at radius 3 is 2.67 bits per heavy atom. The molecule has 1 fully saturated rings. The van der Waals surface area contributed by atoms with Gasteiger partial charge < -0.3 is 0 Å². The lowest BCUT2D eigenvalue weighted by molar-refractivity contribution is -0.120. The minimum Gasteiger partial charge on any atom is -0.300 e. The van der Waals surface area contributed by atoms with Crippen molar-refractivity contribution in [2.24, 2.45) is 0 Å². The standard InChI is InChI=1S/C15H15NOS/c17-12-6-8-13(9-7-12)18-15-10-5-11-3-1-2-4-14(11)16-15/h1-5,10,13H,6-9H2. The predicted octanol–water partition coefficient (Wildman–Crippen LogP) is 3.84. The normalized spacial score (nSPS) is 17.2. The zero-order valence-electron chi connectivity index (χ0n) is 10.1. The first-order chi connectivity index (χ1) is 8.81. The molecule has 0 radical (unpaired) electrons. The summed E-state index contributed by atoms with van der Waals surface area (Å²) in [5.74, 6) is 0.415. The minimum absolute atomic E-state index is 0.415. The van der Waals surface area contributed by atoms with E-state index in [1.54, 1.807) is 0 Å². The Bertz CT molecular complexity index is 571. The Hall–Kier alpha value is -1.35. The zero-order chi connectivity index (χ0) is 12.4. The van der Waals surface area contributed by atoms with Gasteiger partial charge in [0.1, 0.15) is 5.78 Å². The van der Waals surface area contributed by atoms with Gasteiger partial charge in [0, 0.05) is 23.5 Å². The van der Waals surface area contributed by atoms with E-state index in [1.807, 2.05) is 30.0 Å². The lowest BCUT2D eigenvalue weighted by Gasteiger charge is -2.19. The number of hydrogen-bond acceptors (Lipinski definition) is 3. The van der Waals surface area contributed by atoms with E-state index in [0.29, 0.717) is 11.0 Å². The minimum atomic E-state index is 0.415. The zero-order valence-corrected chi connectivity index (χ0v) is 11.0. The molecule has 0 N–H and O–H groups in total. The third-order valence-corrected chi connectivity index (χ3v) is 4.62. The molecule has 1 aliphatic carbocycles. The summed E-state index contributed by atoms with van der Waals surface area (Å²) < 4.78 is 0. The topological polar surface area (TPSA) is 30.0 Å². The van der Waals surface area contributed by atoms with Gasteiger partial charge in [-0.2, -0.15) is 0 Å². The van der Waals surface area contributed by atoms with Crippen molar-refractivity contribution < 1.29 is 4.79 Å². The summed E-state index contributed by atoms with van der Waals surface area (Å²) in [6.07, 6.45) is 3.48. The number of aromatic nitrogens is 1. The van der Waals surface area contributed by atoms with Crippen LogP contribution in [0.4, 0.5) is 0 Å². The highest BCUT2D eigenvalue weighted by Crippen LogP contribution is 2.32. The Kier molecular flexibility index (Phi) is 3.33. The fourth-order valence-corrected chi connectivity index (χ4v) is 3.43. The van der Waals surface area contributed by atoms with Crippen molar-refractivity contribution in [2.75, 3.05) is 0 Å². The van der Waals surface area contributed by atoms with Crippen LogP contribution >= 0.6 is 11.8 Å². The molecule has 1 saturated carbocycles. The Morgan fingerprint density at radius 2 is 1.83 bits per heavy atom. The summed E-state index contributed by atoms with van der Waals surface area (Å²) in [5, 5.41) is 2.81. The lowest BCUT2D eigenvalue weighted by Crippen LogP contribution is -2.15. The van der Waals surface area contributed by atoms with Gasteiger partial charge in [0.15, 0.2) is 0 Å². The van der Waals surface area contributed by atoms with Crippen LogP contribution in [0.5, 0.6) is 0 Å². The summed E-state index contributed by atoms with van der Waals surface area (Å²) in [6.45, 7) is 0. The second-order valence-corrected chi connectivity index (χ2v) is 6.02. The van der Waals surface area contributed by atoms with Gasteiger partial charge in [-0.15, -0.1) is 11.8 Å². The first-order valence-corrected chi connectivity index (χ1v) is 7.23. The third-order valence-electron chi connectivity index (χ3n) is 3.35. The highest BCUT2D eigenvalue weighted by Gasteiger charge is 2.19. The first-order valence-electron chi connectivity index (χ1n) is 6.35. The Balaban J connectivity index is 1.76. The number of pyridine rings is 1. The average molecular weight is 257 g/mol. The fraction of sp³-hybridized carbons (Fsp3) is 0.333. The molecule has 3 rings (SSSR count). The number of hydrogen-bond donors (Lipinski definition) is 0. The number of carbonyl (C=O) groups is 1. The number of carbonyl (C=O) groups excluding carboxylic acids is 1. The summed E-state index contributed by atoms with van der Waals surface area (Å²) in [6, 6.07) is 12.4. The number of ketones is 1. The van der Waals surface area contributed by atoms with Gasteiger partial charge in [-0.05, 0) is 25.0 Å². The highest BCUT2D eigenvalue weighted by atomic mass is 32.2. The molecule has 1 heterocycles. The quantitative estimate of drug-likeness (QED) is 0.818. The molecular formula is C15H15NOS. The highest BCUT2D eigenvalue weighted by molar-refractivity contribution is 7.99. The Morgan fingerprint density at radius 1 is 1.06 bits per heavy atom. The summed E-state index contributed by atoms with van der Waals surface area (Å²) in [4.78, 5) is 15.9. The van der Waals surface area contributed by atoms with Crippen LogP contribution < -0.4 is 0 Å². The van der Waals surface area contributed by atoms with Crippen LogP contribution in [0.3, 0.4) is 0 Å². The molecule has 0 spiro atoms. The molecule has 0 unspecified atom stereocenters. The van der Waals surface area contributed by atoms with Crippen LogP contribution in [0.1, 0.15) is 25.7 Å². The first kappa shape index (κ1) is 11.7. The van der Waals surface area contributed by atoms with Crippen LogP contribution in [0, 0.1) is 0 Å². The van der Waals surface area contributed by atoms with E-state index in [1.165, 1.54) is 5.39 Å². The van der Waals surface area contributed by atoms with Crippen molar-refractivity contribution in [1.82, 2.24) is 4.98 Å². The molecule has 0 saturated heterocycles. The van der Waals surface area contributed by atoms with Crippen LogP contribution in [0.15, 0.2) is 41.4 Å². The SMILES string of the molecule is O=C1CCC(Sc2ccc3ccccc3n2)CC1. The molecule has 1 aromatic carbocycles. The second kappa shape index (κ2) is 5.11. The van der Waals surface area contributed by atoms with E-state index < -0.39 is 0 Å². The van der Waals surface area contributed by atoms with Gasteiger partial charge in [0.25, 0.3) is 0 Å². The molecule has 2 aromatic rings. The maximum Gasteiger partial charge on any atom is 0.132 e. The average Bonchev–Trinajstić information content (AvgIpc) is 2.41. The van der Waals surface area contributed by atoms with Crippen molar-refractivity contribution in [3.05, 3.63) is 36.4 Å². The number of benzene rings is 1. The summed E-state index contributed by atoms with van der Waals surface area (Å²) in [7, 11) is 0. The number of thioether (sulfide) groups is 1. The summed E-state index contributed by atoms with van der Waals surface area (Å²) in [5.41, 5.74) is 1.05. The number of Topliss-reactive ketones (excluding diaryl/α,β-unsaturated/α-hetero) is 1. The molecule has 0 atom stereocenters. The third kappa shape index (κ3) is 2.56. The molecular weight excluding hydrogens is 242 g/mol. The van der Waals surface area contributed by atoms with Gasteiger partial charge in [-0.25, -0.2) is 4.98 Å². The van der Waals surface area contributed by atoms with Crippen LogP contribution in [0.2, 0.25) is 0 Å². The molecule has 1 aliphatic rings. The molecule has 2 nitrogen and oxygen atoms in total. The second-order valence-electron chi connectivity index (χ2n) is 4.70. The van der Waals surface area contributed by atoms with Crippen molar-refractivity contribution in [2.45, 2.75) is 36.0 Å². The van der Waals surface area contributed by atoms with Gasteiger partial charge >= 0.3 is 0 Å².